The highest BCUT2D eigenvalue weighted by Gasteiger charge is 2.30. The van der Waals surface area contributed by atoms with E-state index in [4.69, 9.17) is 14.2 Å². The number of hydrogen-bond acceptors (Lipinski definition) is 4. The molecule has 25 heavy (non-hydrogen) atoms. The van der Waals surface area contributed by atoms with Crippen LogP contribution in [0.25, 0.3) is 11.4 Å². The number of aryl methyl sites for hydroxylation is 1. The molecule has 1 aromatic heterocycles. The first-order chi connectivity index (χ1) is 11.6. The van der Waals surface area contributed by atoms with Crippen LogP contribution in [-0.2, 0) is 21.4 Å². The lowest BCUT2D eigenvalue weighted by atomic mass is 9.77. The second kappa shape index (κ2) is 7.46. The van der Waals surface area contributed by atoms with Crippen molar-refractivity contribution < 1.29 is 4.18 Å². The molecule has 1 heterocycles. The number of hydrogen-bond donors (Lipinski definition) is 0. The molecule has 0 radical (unpaired) electrons. The van der Waals surface area contributed by atoms with Crippen LogP contribution in [0.5, 0.6) is 0 Å². The van der Waals surface area contributed by atoms with Gasteiger partial charge in [0.25, 0.3) is 0 Å². The summed E-state index contributed by atoms with van der Waals surface area (Å²) < 4.78 is 5.11. The van der Waals surface area contributed by atoms with E-state index in [1.54, 1.807) is 7.11 Å². The van der Waals surface area contributed by atoms with Crippen molar-refractivity contribution in [2.24, 2.45) is 0 Å². The predicted octanol–water partition coefficient (Wildman–Crippen LogP) is 5.95. The predicted molar refractivity (Wildman–Crippen MR) is 107 cm³/mol. The molecule has 136 valence electrons. The number of rotatable bonds is 4. The lowest BCUT2D eigenvalue weighted by molar-refractivity contribution is 0.490. The fourth-order valence-electron chi connectivity index (χ4n) is 2.98. The molecule has 0 fully saturated rings. The second-order valence-electron chi connectivity index (χ2n) is 8.35. The average Bonchev–Trinajstić information content (AvgIpc) is 2.53. The van der Waals surface area contributed by atoms with Gasteiger partial charge in [-0.1, -0.05) is 48.5 Å². The molecule has 2 aromatic rings. The quantitative estimate of drug-likeness (QED) is 0.632. The zero-order chi connectivity index (χ0) is 18.8. The van der Waals surface area contributed by atoms with Crippen molar-refractivity contribution in [3.63, 3.8) is 0 Å². The zero-order valence-corrected chi connectivity index (χ0v) is 17.5. The van der Waals surface area contributed by atoms with Gasteiger partial charge in [0.1, 0.15) is 0 Å². The van der Waals surface area contributed by atoms with Crippen LogP contribution in [0, 0.1) is 0 Å². The standard InChI is InChI=1S/C21H30N2OS/c1-9-16-17(20(2,3)4)18(21(5,6)7)23-19(22-16)14-10-12-15(13-11-14)25-24-8/h10-13H,9H2,1-8H3. The van der Waals surface area contributed by atoms with Crippen molar-refractivity contribution in [3.8, 4) is 11.4 Å². The van der Waals surface area contributed by atoms with Gasteiger partial charge in [0.15, 0.2) is 5.82 Å². The third-order valence-electron chi connectivity index (χ3n) is 4.07. The summed E-state index contributed by atoms with van der Waals surface area (Å²) in [7, 11) is 1.68. The third kappa shape index (κ3) is 4.62. The van der Waals surface area contributed by atoms with Crippen molar-refractivity contribution >= 4 is 12.0 Å². The summed E-state index contributed by atoms with van der Waals surface area (Å²) in [6.07, 6.45) is 0.906. The van der Waals surface area contributed by atoms with E-state index in [0.717, 1.165) is 34.1 Å². The van der Waals surface area contributed by atoms with Crippen molar-refractivity contribution in [1.82, 2.24) is 9.97 Å². The summed E-state index contributed by atoms with van der Waals surface area (Å²) in [5, 5.41) is 0. The maximum absolute atomic E-state index is 5.11. The van der Waals surface area contributed by atoms with E-state index in [9.17, 15) is 0 Å². The Bertz CT molecular complexity index is 725. The number of aromatic nitrogens is 2. The Balaban J connectivity index is 2.64. The summed E-state index contributed by atoms with van der Waals surface area (Å²) in [5.41, 5.74) is 4.62. The topological polar surface area (TPSA) is 35.0 Å². The van der Waals surface area contributed by atoms with Crippen LogP contribution in [0.2, 0.25) is 0 Å². The molecule has 0 aliphatic heterocycles. The Labute approximate surface area is 156 Å². The Morgan fingerprint density at radius 1 is 0.920 bits per heavy atom. The lowest BCUT2D eigenvalue weighted by Gasteiger charge is -2.31. The van der Waals surface area contributed by atoms with Crippen molar-refractivity contribution in [1.29, 1.82) is 0 Å². The highest BCUT2D eigenvalue weighted by atomic mass is 32.2. The first-order valence-electron chi connectivity index (χ1n) is 8.81. The molecular weight excluding hydrogens is 328 g/mol. The van der Waals surface area contributed by atoms with Crippen LogP contribution in [0.3, 0.4) is 0 Å². The minimum absolute atomic E-state index is 0.0193. The molecule has 0 saturated carbocycles. The van der Waals surface area contributed by atoms with Gasteiger partial charge in [0.2, 0.25) is 0 Å². The third-order valence-corrected chi connectivity index (χ3v) is 4.70. The summed E-state index contributed by atoms with van der Waals surface area (Å²) >= 11 is 1.36. The van der Waals surface area contributed by atoms with E-state index in [2.05, 4.69) is 60.6 Å². The molecule has 0 unspecified atom stereocenters. The molecule has 2 rings (SSSR count). The molecule has 1 aromatic carbocycles. The largest absolute Gasteiger partial charge is 0.314 e. The maximum atomic E-state index is 5.11. The number of nitrogens with zero attached hydrogens (tertiary/aromatic N) is 2. The molecule has 0 bridgehead atoms. The van der Waals surface area contributed by atoms with Crippen molar-refractivity contribution in [2.45, 2.75) is 70.6 Å². The molecule has 0 saturated heterocycles. The minimum Gasteiger partial charge on any atom is -0.314 e. The van der Waals surface area contributed by atoms with Gasteiger partial charge in [-0.15, -0.1) is 0 Å². The van der Waals surface area contributed by atoms with Crippen LogP contribution in [0.4, 0.5) is 0 Å². The second-order valence-corrected chi connectivity index (χ2v) is 9.32. The monoisotopic (exact) mass is 358 g/mol. The summed E-state index contributed by atoms with van der Waals surface area (Å²) in [6, 6.07) is 8.23. The van der Waals surface area contributed by atoms with Crippen LogP contribution in [0.1, 0.15) is 65.4 Å². The normalized spacial score (nSPS) is 12.5. The summed E-state index contributed by atoms with van der Waals surface area (Å²) in [6.45, 7) is 15.6. The first kappa shape index (κ1) is 19.9. The summed E-state index contributed by atoms with van der Waals surface area (Å²) in [5.74, 6) is 0.809. The molecular formula is C21H30N2OS. The fraction of sp³-hybridized carbons (Fsp3) is 0.524. The first-order valence-corrected chi connectivity index (χ1v) is 9.55. The van der Waals surface area contributed by atoms with Crippen LogP contribution < -0.4 is 0 Å². The Morgan fingerprint density at radius 2 is 1.52 bits per heavy atom. The van der Waals surface area contributed by atoms with Gasteiger partial charge in [-0.25, -0.2) is 9.97 Å². The summed E-state index contributed by atoms with van der Waals surface area (Å²) in [4.78, 5) is 11.0. The fourth-order valence-corrected chi connectivity index (χ4v) is 3.42. The van der Waals surface area contributed by atoms with E-state index in [-0.39, 0.29) is 10.8 Å². The molecule has 0 amide bonds. The molecule has 0 aliphatic rings. The van der Waals surface area contributed by atoms with Gasteiger partial charge >= 0.3 is 0 Å². The van der Waals surface area contributed by atoms with Gasteiger partial charge in [-0.3, -0.25) is 0 Å². The molecule has 0 N–H and O–H groups in total. The van der Waals surface area contributed by atoms with E-state index >= 15 is 0 Å². The molecule has 0 aliphatic carbocycles. The Hall–Kier alpha value is -1.39. The molecule has 3 nitrogen and oxygen atoms in total. The Kier molecular flexibility index (Phi) is 5.95. The highest BCUT2D eigenvalue weighted by molar-refractivity contribution is 7.94. The van der Waals surface area contributed by atoms with Crippen LogP contribution in [-0.4, -0.2) is 17.1 Å². The van der Waals surface area contributed by atoms with E-state index in [1.165, 1.54) is 17.6 Å². The van der Waals surface area contributed by atoms with E-state index in [0.29, 0.717) is 0 Å². The van der Waals surface area contributed by atoms with Crippen LogP contribution in [0.15, 0.2) is 29.2 Å². The van der Waals surface area contributed by atoms with Gasteiger partial charge in [-0.2, -0.15) is 0 Å². The highest BCUT2D eigenvalue weighted by Crippen LogP contribution is 2.36. The molecule has 4 heteroatoms. The molecule has 0 atom stereocenters. The van der Waals surface area contributed by atoms with Crippen LogP contribution >= 0.6 is 12.0 Å². The van der Waals surface area contributed by atoms with E-state index in [1.807, 2.05) is 12.1 Å². The number of benzene rings is 1. The van der Waals surface area contributed by atoms with Gasteiger partial charge in [-0.05, 0) is 36.1 Å². The lowest BCUT2D eigenvalue weighted by Crippen LogP contribution is -2.27. The van der Waals surface area contributed by atoms with Gasteiger partial charge in [0.05, 0.1) is 12.8 Å². The minimum atomic E-state index is -0.0317. The Morgan fingerprint density at radius 3 is 1.96 bits per heavy atom. The average molecular weight is 359 g/mol. The van der Waals surface area contributed by atoms with Crippen molar-refractivity contribution in [3.05, 3.63) is 41.2 Å². The van der Waals surface area contributed by atoms with Gasteiger partial charge in [0, 0.05) is 39.2 Å². The SMILES string of the molecule is CCc1nc(-c2ccc(SOC)cc2)nc(C(C)(C)C)c1C(C)(C)C. The van der Waals surface area contributed by atoms with Gasteiger partial charge < -0.3 is 4.18 Å². The van der Waals surface area contributed by atoms with Crippen molar-refractivity contribution in [2.75, 3.05) is 7.11 Å². The van der Waals surface area contributed by atoms with E-state index < -0.39 is 0 Å². The zero-order valence-electron chi connectivity index (χ0n) is 16.7. The maximum Gasteiger partial charge on any atom is 0.159 e. The smallest absolute Gasteiger partial charge is 0.159 e. The molecule has 0 spiro atoms.